The predicted octanol–water partition coefficient (Wildman–Crippen LogP) is 3.95. The first-order chi connectivity index (χ1) is 10.8. The minimum atomic E-state index is -0.0596. The lowest BCUT2D eigenvalue weighted by Crippen LogP contribution is -2.35. The molecule has 4 nitrogen and oxygen atoms in total. The molecule has 1 fully saturated rings. The lowest BCUT2D eigenvalue weighted by molar-refractivity contribution is 0.0923. The maximum Gasteiger partial charge on any atom is 0.273 e. The number of rotatable bonds is 2. The Balaban J connectivity index is 1.55. The van der Waals surface area contributed by atoms with E-state index in [9.17, 15) is 4.79 Å². The summed E-state index contributed by atoms with van der Waals surface area (Å²) in [6, 6.07) is 2.36. The average Bonchev–Trinajstić information content (AvgIpc) is 3.08. The summed E-state index contributed by atoms with van der Waals surface area (Å²) in [7, 11) is 0. The highest BCUT2D eigenvalue weighted by Crippen LogP contribution is 2.38. The number of fused-ring (bicyclic) bond motifs is 3. The lowest BCUT2D eigenvalue weighted by Gasteiger charge is -2.16. The Morgan fingerprint density at radius 2 is 2.05 bits per heavy atom. The van der Waals surface area contributed by atoms with Crippen LogP contribution in [0.3, 0.4) is 0 Å². The zero-order valence-corrected chi connectivity index (χ0v) is 13.4. The molecule has 116 valence electrons. The van der Waals surface area contributed by atoms with Crippen molar-refractivity contribution in [3.8, 4) is 11.3 Å². The number of aryl methyl sites for hydroxylation is 1. The van der Waals surface area contributed by atoms with E-state index in [1.54, 1.807) is 11.3 Å². The van der Waals surface area contributed by atoms with Gasteiger partial charge in [0.15, 0.2) is 11.5 Å². The molecule has 2 aliphatic carbocycles. The van der Waals surface area contributed by atoms with Gasteiger partial charge in [-0.2, -0.15) is 0 Å². The SMILES string of the molecule is O=C(NC1CCCCCC1)c1noc2c1CCc1sccc1-2. The quantitative estimate of drug-likeness (QED) is 0.853. The second-order valence-electron chi connectivity index (χ2n) is 6.26. The molecule has 2 aromatic heterocycles. The first-order valence-electron chi connectivity index (χ1n) is 8.19. The zero-order chi connectivity index (χ0) is 14.9. The van der Waals surface area contributed by atoms with E-state index in [1.807, 2.05) is 0 Å². The molecule has 0 aromatic carbocycles. The van der Waals surface area contributed by atoms with Gasteiger partial charge in [0, 0.05) is 22.0 Å². The molecule has 2 aliphatic rings. The van der Waals surface area contributed by atoms with E-state index >= 15 is 0 Å². The summed E-state index contributed by atoms with van der Waals surface area (Å²) < 4.78 is 5.50. The molecule has 0 bridgehead atoms. The van der Waals surface area contributed by atoms with E-state index in [4.69, 9.17) is 4.52 Å². The minimum Gasteiger partial charge on any atom is -0.355 e. The van der Waals surface area contributed by atoms with Gasteiger partial charge in [-0.3, -0.25) is 4.79 Å². The van der Waals surface area contributed by atoms with Gasteiger partial charge >= 0.3 is 0 Å². The van der Waals surface area contributed by atoms with Gasteiger partial charge < -0.3 is 9.84 Å². The predicted molar refractivity (Wildman–Crippen MR) is 86.2 cm³/mol. The Labute approximate surface area is 133 Å². The Bertz CT molecular complexity index is 681. The van der Waals surface area contributed by atoms with E-state index in [0.717, 1.165) is 42.6 Å². The van der Waals surface area contributed by atoms with Gasteiger partial charge in [-0.15, -0.1) is 11.3 Å². The van der Waals surface area contributed by atoms with Gasteiger partial charge in [-0.1, -0.05) is 30.8 Å². The van der Waals surface area contributed by atoms with Crippen molar-refractivity contribution in [1.29, 1.82) is 0 Å². The molecule has 1 amide bonds. The summed E-state index contributed by atoms with van der Waals surface area (Å²) in [5.74, 6) is 0.740. The summed E-state index contributed by atoms with van der Waals surface area (Å²) >= 11 is 1.75. The highest BCUT2D eigenvalue weighted by molar-refractivity contribution is 7.10. The monoisotopic (exact) mass is 316 g/mol. The van der Waals surface area contributed by atoms with Crippen LogP contribution < -0.4 is 5.32 Å². The van der Waals surface area contributed by atoms with E-state index in [1.165, 1.54) is 30.6 Å². The highest BCUT2D eigenvalue weighted by atomic mass is 32.1. The summed E-state index contributed by atoms with van der Waals surface area (Å²) in [6.07, 6.45) is 8.98. The van der Waals surface area contributed by atoms with Crippen LogP contribution in [0, 0.1) is 0 Å². The van der Waals surface area contributed by atoms with Gasteiger partial charge in [0.05, 0.1) is 0 Å². The van der Waals surface area contributed by atoms with E-state index in [0.29, 0.717) is 11.7 Å². The number of nitrogens with zero attached hydrogens (tertiary/aromatic N) is 1. The van der Waals surface area contributed by atoms with Crippen molar-refractivity contribution in [3.63, 3.8) is 0 Å². The van der Waals surface area contributed by atoms with E-state index < -0.39 is 0 Å². The largest absolute Gasteiger partial charge is 0.355 e. The number of aromatic nitrogens is 1. The Morgan fingerprint density at radius 3 is 2.86 bits per heavy atom. The number of hydrogen-bond acceptors (Lipinski definition) is 4. The van der Waals surface area contributed by atoms with Crippen LogP contribution in [0.25, 0.3) is 11.3 Å². The smallest absolute Gasteiger partial charge is 0.273 e. The fraction of sp³-hybridized carbons (Fsp3) is 0.529. The van der Waals surface area contributed by atoms with Crippen LogP contribution in [0.15, 0.2) is 16.0 Å². The molecule has 1 saturated carbocycles. The zero-order valence-electron chi connectivity index (χ0n) is 12.6. The second-order valence-corrected chi connectivity index (χ2v) is 7.26. The van der Waals surface area contributed by atoms with Crippen molar-refractivity contribution < 1.29 is 9.32 Å². The van der Waals surface area contributed by atoms with Crippen LogP contribution in [0.4, 0.5) is 0 Å². The summed E-state index contributed by atoms with van der Waals surface area (Å²) in [6.45, 7) is 0. The van der Waals surface area contributed by atoms with Gasteiger partial charge in [0.2, 0.25) is 0 Å². The Hall–Kier alpha value is -1.62. The van der Waals surface area contributed by atoms with Crippen LogP contribution in [0.5, 0.6) is 0 Å². The number of carbonyl (C=O) groups excluding carboxylic acids is 1. The van der Waals surface area contributed by atoms with E-state index in [-0.39, 0.29) is 5.91 Å². The molecule has 0 unspecified atom stereocenters. The normalized spacial score (nSPS) is 18.4. The number of amides is 1. The summed E-state index contributed by atoms with van der Waals surface area (Å²) in [5, 5.41) is 9.33. The van der Waals surface area contributed by atoms with Crippen molar-refractivity contribution in [2.24, 2.45) is 0 Å². The van der Waals surface area contributed by atoms with E-state index in [2.05, 4.69) is 21.9 Å². The fourth-order valence-electron chi connectivity index (χ4n) is 3.58. The van der Waals surface area contributed by atoms with Gasteiger partial charge in [-0.05, 0) is 37.1 Å². The first-order valence-corrected chi connectivity index (χ1v) is 9.07. The fourth-order valence-corrected chi connectivity index (χ4v) is 4.46. The third-order valence-corrected chi connectivity index (χ3v) is 5.77. The topological polar surface area (TPSA) is 55.1 Å². The van der Waals surface area contributed by atoms with Crippen molar-refractivity contribution >= 4 is 17.2 Å². The number of hydrogen-bond donors (Lipinski definition) is 1. The van der Waals surface area contributed by atoms with Gasteiger partial charge in [0.25, 0.3) is 5.91 Å². The summed E-state index contributed by atoms with van der Waals surface area (Å²) in [4.78, 5) is 13.9. The Morgan fingerprint density at radius 1 is 1.23 bits per heavy atom. The average molecular weight is 316 g/mol. The van der Waals surface area contributed by atoms with Crippen LogP contribution >= 0.6 is 11.3 Å². The maximum atomic E-state index is 12.6. The van der Waals surface area contributed by atoms with Crippen molar-refractivity contribution in [2.75, 3.05) is 0 Å². The number of thiophene rings is 1. The summed E-state index contributed by atoms with van der Waals surface area (Å²) in [5.41, 5.74) is 2.60. The van der Waals surface area contributed by atoms with Crippen LogP contribution in [0.1, 0.15) is 59.5 Å². The number of carbonyl (C=O) groups is 1. The van der Waals surface area contributed by atoms with Crippen LogP contribution in [-0.4, -0.2) is 17.1 Å². The molecule has 0 aliphatic heterocycles. The highest BCUT2D eigenvalue weighted by Gasteiger charge is 2.29. The molecule has 4 rings (SSSR count). The molecular weight excluding hydrogens is 296 g/mol. The molecule has 22 heavy (non-hydrogen) atoms. The molecule has 0 spiro atoms. The molecule has 0 atom stereocenters. The Kier molecular flexibility index (Phi) is 3.74. The minimum absolute atomic E-state index is 0.0596. The third-order valence-electron chi connectivity index (χ3n) is 4.79. The van der Waals surface area contributed by atoms with Crippen molar-refractivity contribution in [1.82, 2.24) is 10.5 Å². The van der Waals surface area contributed by atoms with Crippen molar-refractivity contribution in [2.45, 2.75) is 57.4 Å². The molecule has 2 heterocycles. The molecule has 2 aromatic rings. The molecule has 0 radical (unpaired) electrons. The standard InChI is InChI=1S/C17H20N2O2S/c20-17(18-11-5-3-1-2-4-6-11)15-13-7-8-14-12(9-10-22-14)16(13)21-19-15/h9-11H,1-8H2,(H,18,20). The van der Waals surface area contributed by atoms with Gasteiger partial charge in [0.1, 0.15) is 0 Å². The maximum absolute atomic E-state index is 12.6. The molecule has 1 N–H and O–H groups in total. The molecule has 0 saturated heterocycles. The number of nitrogens with one attached hydrogen (secondary N) is 1. The van der Waals surface area contributed by atoms with Crippen molar-refractivity contribution in [3.05, 3.63) is 27.6 Å². The second kappa shape index (κ2) is 5.88. The van der Waals surface area contributed by atoms with Gasteiger partial charge in [-0.25, -0.2) is 0 Å². The lowest BCUT2D eigenvalue weighted by atomic mass is 9.95. The molecule has 5 heteroatoms. The van der Waals surface area contributed by atoms with Crippen LogP contribution in [0.2, 0.25) is 0 Å². The van der Waals surface area contributed by atoms with Crippen LogP contribution in [-0.2, 0) is 12.8 Å². The third kappa shape index (κ3) is 2.47. The first kappa shape index (κ1) is 14.0. The molecular formula is C17H20N2O2S.